The number of phenolic OH excluding ortho intramolecular Hbond substituents is 1. The number of para-hydroxylation sites is 1. The number of nitrogens with one attached hydrogen (secondary N) is 1. The lowest BCUT2D eigenvalue weighted by molar-refractivity contribution is -0.126. The van der Waals surface area contributed by atoms with E-state index in [0.717, 1.165) is 16.2 Å². The Balaban J connectivity index is 1.73. The second-order valence-electron chi connectivity index (χ2n) is 5.39. The van der Waals surface area contributed by atoms with E-state index in [4.69, 9.17) is 12.2 Å². The van der Waals surface area contributed by atoms with Crippen LogP contribution in [-0.2, 0) is 9.59 Å². The molecule has 26 heavy (non-hydrogen) atoms. The van der Waals surface area contributed by atoms with Crippen molar-refractivity contribution in [2.75, 3.05) is 11.9 Å². The molecule has 0 aromatic heterocycles. The standard InChI is InChI=1S/C18H13BrN2O3S2/c19-12-6-7-14(22)11(8-12)9-15-17(24)21(18(25)26-15)10-16(23)20-13-4-2-1-3-5-13/h1-9,22H,10H2,(H,20,23)/b15-9-. The van der Waals surface area contributed by atoms with Crippen molar-refractivity contribution in [2.45, 2.75) is 0 Å². The van der Waals surface area contributed by atoms with Gasteiger partial charge in [-0.1, -0.05) is 58.1 Å². The molecule has 2 aromatic carbocycles. The molecule has 2 N–H and O–H groups in total. The van der Waals surface area contributed by atoms with Gasteiger partial charge in [0.1, 0.15) is 16.6 Å². The predicted octanol–water partition coefficient (Wildman–Crippen LogP) is 3.99. The summed E-state index contributed by atoms with van der Waals surface area (Å²) in [5.41, 5.74) is 1.14. The van der Waals surface area contributed by atoms with Crippen LogP contribution in [0.3, 0.4) is 0 Å². The fourth-order valence-electron chi connectivity index (χ4n) is 2.28. The van der Waals surface area contributed by atoms with Gasteiger partial charge in [0.25, 0.3) is 5.91 Å². The van der Waals surface area contributed by atoms with E-state index in [9.17, 15) is 14.7 Å². The van der Waals surface area contributed by atoms with Crippen molar-refractivity contribution < 1.29 is 14.7 Å². The number of halogens is 1. The Morgan fingerprint density at radius 1 is 1.27 bits per heavy atom. The summed E-state index contributed by atoms with van der Waals surface area (Å²) in [6.07, 6.45) is 1.56. The van der Waals surface area contributed by atoms with E-state index in [2.05, 4.69) is 21.2 Å². The highest BCUT2D eigenvalue weighted by Gasteiger charge is 2.33. The van der Waals surface area contributed by atoms with Gasteiger partial charge in [-0.25, -0.2) is 0 Å². The fourth-order valence-corrected chi connectivity index (χ4v) is 3.91. The number of anilines is 1. The zero-order valence-electron chi connectivity index (χ0n) is 13.3. The minimum atomic E-state index is -0.359. The first kappa shape index (κ1) is 18.6. The van der Waals surface area contributed by atoms with Crippen molar-refractivity contribution in [3.05, 3.63) is 63.5 Å². The highest BCUT2D eigenvalue weighted by molar-refractivity contribution is 9.10. The van der Waals surface area contributed by atoms with Crippen LogP contribution in [0.2, 0.25) is 0 Å². The zero-order chi connectivity index (χ0) is 18.7. The average Bonchev–Trinajstić information content (AvgIpc) is 2.86. The summed E-state index contributed by atoms with van der Waals surface area (Å²) >= 11 is 9.66. The van der Waals surface area contributed by atoms with Crippen LogP contribution in [-0.4, -0.2) is 32.7 Å². The van der Waals surface area contributed by atoms with E-state index in [1.54, 1.807) is 30.3 Å². The normalized spacial score (nSPS) is 15.6. The lowest BCUT2D eigenvalue weighted by Crippen LogP contribution is -2.36. The van der Waals surface area contributed by atoms with Gasteiger partial charge in [0, 0.05) is 15.7 Å². The molecule has 0 radical (unpaired) electrons. The molecular weight excluding hydrogens is 436 g/mol. The number of carbonyl (C=O) groups is 2. The molecule has 2 amide bonds. The van der Waals surface area contributed by atoms with Crippen molar-refractivity contribution in [1.29, 1.82) is 0 Å². The van der Waals surface area contributed by atoms with Gasteiger partial charge < -0.3 is 10.4 Å². The van der Waals surface area contributed by atoms with Gasteiger partial charge in [-0.05, 0) is 36.4 Å². The molecule has 1 aliphatic heterocycles. The summed E-state index contributed by atoms with van der Waals surface area (Å²) in [7, 11) is 0. The molecule has 0 spiro atoms. The van der Waals surface area contributed by atoms with Crippen LogP contribution in [0.4, 0.5) is 5.69 Å². The van der Waals surface area contributed by atoms with Gasteiger partial charge in [-0.3, -0.25) is 14.5 Å². The highest BCUT2D eigenvalue weighted by Crippen LogP contribution is 2.34. The Kier molecular flexibility index (Phi) is 5.75. The maximum atomic E-state index is 12.6. The van der Waals surface area contributed by atoms with Crippen LogP contribution < -0.4 is 5.32 Å². The number of hydrogen-bond donors (Lipinski definition) is 2. The van der Waals surface area contributed by atoms with Crippen LogP contribution in [0.15, 0.2) is 57.9 Å². The minimum Gasteiger partial charge on any atom is -0.507 e. The monoisotopic (exact) mass is 448 g/mol. The van der Waals surface area contributed by atoms with Gasteiger partial charge in [0.2, 0.25) is 5.91 Å². The Hall–Kier alpha value is -2.16. The molecule has 0 saturated carbocycles. The molecule has 0 unspecified atom stereocenters. The van der Waals surface area contributed by atoms with Gasteiger partial charge in [-0.15, -0.1) is 0 Å². The van der Waals surface area contributed by atoms with Crippen LogP contribution >= 0.6 is 39.9 Å². The number of benzene rings is 2. The molecule has 132 valence electrons. The third-order valence-corrected chi connectivity index (χ3v) is 5.38. The molecular formula is C18H13BrN2O3S2. The molecule has 0 atom stereocenters. The SMILES string of the molecule is O=C(CN1C(=O)/C(=C/c2cc(Br)ccc2O)SC1=S)Nc1ccccc1. The summed E-state index contributed by atoms with van der Waals surface area (Å²) in [6, 6.07) is 13.9. The van der Waals surface area contributed by atoms with Crippen molar-refractivity contribution in [3.8, 4) is 5.75 Å². The third kappa shape index (κ3) is 4.32. The Morgan fingerprint density at radius 3 is 2.73 bits per heavy atom. The Morgan fingerprint density at radius 2 is 2.00 bits per heavy atom. The van der Waals surface area contributed by atoms with Gasteiger partial charge in [0.15, 0.2) is 0 Å². The topological polar surface area (TPSA) is 69.6 Å². The number of amides is 2. The van der Waals surface area contributed by atoms with E-state index in [1.165, 1.54) is 11.0 Å². The largest absolute Gasteiger partial charge is 0.507 e. The number of carbonyl (C=O) groups excluding carboxylic acids is 2. The lowest BCUT2D eigenvalue weighted by Gasteiger charge is -2.14. The van der Waals surface area contributed by atoms with Gasteiger partial charge in [-0.2, -0.15) is 0 Å². The van der Waals surface area contributed by atoms with Crippen molar-refractivity contribution in [3.63, 3.8) is 0 Å². The molecule has 1 aliphatic rings. The number of rotatable bonds is 4. The van der Waals surface area contributed by atoms with Crippen LogP contribution in [0.25, 0.3) is 6.08 Å². The Labute approximate surface area is 168 Å². The van der Waals surface area contributed by atoms with Crippen molar-refractivity contribution in [1.82, 2.24) is 4.90 Å². The molecule has 0 aliphatic carbocycles. The van der Waals surface area contributed by atoms with Gasteiger partial charge >= 0.3 is 0 Å². The second kappa shape index (κ2) is 8.03. The first-order valence-electron chi connectivity index (χ1n) is 7.53. The summed E-state index contributed by atoms with van der Waals surface area (Å²) in [6.45, 7) is -0.165. The van der Waals surface area contributed by atoms with E-state index < -0.39 is 0 Å². The molecule has 1 fully saturated rings. The molecule has 1 saturated heterocycles. The van der Waals surface area contributed by atoms with Crippen LogP contribution in [0, 0.1) is 0 Å². The number of phenols is 1. The lowest BCUT2D eigenvalue weighted by atomic mass is 10.2. The smallest absolute Gasteiger partial charge is 0.266 e. The first-order valence-corrected chi connectivity index (χ1v) is 9.54. The van der Waals surface area contributed by atoms with E-state index in [0.29, 0.717) is 20.5 Å². The molecule has 3 rings (SSSR count). The highest BCUT2D eigenvalue weighted by atomic mass is 79.9. The number of nitrogens with zero attached hydrogens (tertiary/aromatic N) is 1. The summed E-state index contributed by atoms with van der Waals surface area (Å²) in [5.74, 6) is -0.637. The quantitative estimate of drug-likeness (QED) is 0.546. The number of aromatic hydroxyl groups is 1. The van der Waals surface area contributed by atoms with Crippen molar-refractivity contribution in [2.24, 2.45) is 0 Å². The average molecular weight is 449 g/mol. The van der Waals surface area contributed by atoms with Gasteiger partial charge in [0.05, 0.1) is 4.91 Å². The second-order valence-corrected chi connectivity index (χ2v) is 7.98. The minimum absolute atomic E-state index is 0.0558. The molecule has 2 aromatic rings. The van der Waals surface area contributed by atoms with E-state index in [1.807, 2.05) is 18.2 Å². The molecule has 8 heteroatoms. The van der Waals surface area contributed by atoms with E-state index in [-0.39, 0.29) is 24.1 Å². The molecule has 1 heterocycles. The first-order chi connectivity index (χ1) is 12.4. The van der Waals surface area contributed by atoms with E-state index >= 15 is 0 Å². The number of thioether (sulfide) groups is 1. The summed E-state index contributed by atoms with van der Waals surface area (Å²) < 4.78 is 1.08. The fraction of sp³-hybridized carbons (Fsp3) is 0.0556. The predicted molar refractivity (Wildman–Crippen MR) is 111 cm³/mol. The number of thiocarbonyl (C=S) groups is 1. The molecule has 0 bridgehead atoms. The summed E-state index contributed by atoms with van der Waals surface area (Å²) in [5, 5.41) is 12.7. The van der Waals surface area contributed by atoms with Crippen molar-refractivity contribution >= 4 is 67.8 Å². The summed E-state index contributed by atoms with van der Waals surface area (Å²) in [4.78, 5) is 26.4. The third-order valence-electron chi connectivity index (χ3n) is 3.51. The number of hydrogen-bond acceptors (Lipinski definition) is 5. The Bertz CT molecular complexity index is 916. The van der Waals surface area contributed by atoms with Crippen LogP contribution in [0.1, 0.15) is 5.56 Å². The van der Waals surface area contributed by atoms with Crippen LogP contribution in [0.5, 0.6) is 5.75 Å². The maximum Gasteiger partial charge on any atom is 0.266 e. The zero-order valence-corrected chi connectivity index (χ0v) is 16.5. The maximum absolute atomic E-state index is 12.6. The molecule has 5 nitrogen and oxygen atoms in total.